The highest BCUT2D eigenvalue weighted by molar-refractivity contribution is 7.07. The molecule has 1 aliphatic rings. The quantitative estimate of drug-likeness (QED) is 0.846. The number of hydrogen-bond acceptors (Lipinski definition) is 3. The summed E-state index contributed by atoms with van der Waals surface area (Å²) in [6, 6.07) is 2.90. The molecule has 1 aromatic rings. The van der Waals surface area contributed by atoms with Crippen molar-refractivity contribution < 1.29 is 0 Å². The van der Waals surface area contributed by atoms with Crippen LogP contribution in [0.5, 0.6) is 0 Å². The van der Waals surface area contributed by atoms with Crippen molar-refractivity contribution in [1.82, 2.24) is 10.2 Å². The van der Waals surface area contributed by atoms with Crippen LogP contribution in [-0.4, -0.2) is 31.1 Å². The monoisotopic (exact) mass is 224 g/mol. The SMILES string of the molecule is CC1CN(C)CCC1NCc1ccsc1. The van der Waals surface area contributed by atoms with E-state index in [2.05, 4.69) is 41.0 Å². The molecule has 2 unspecified atom stereocenters. The van der Waals surface area contributed by atoms with Gasteiger partial charge in [0.2, 0.25) is 0 Å². The molecule has 15 heavy (non-hydrogen) atoms. The Morgan fingerprint density at radius 1 is 1.60 bits per heavy atom. The second-order valence-corrected chi connectivity index (χ2v) is 5.43. The van der Waals surface area contributed by atoms with Gasteiger partial charge < -0.3 is 10.2 Å². The Morgan fingerprint density at radius 2 is 2.47 bits per heavy atom. The summed E-state index contributed by atoms with van der Waals surface area (Å²) >= 11 is 1.78. The zero-order chi connectivity index (χ0) is 10.7. The average molecular weight is 224 g/mol. The van der Waals surface area contributed by atoms with Crippen LogP contribution in [0, 0.1) is 5.92 Å². The zero-order valence-corrected chi connectivity index (χ0v) is 10.4. The van der Waals surface area contributed by atoms with E-state index in [0.29, 0.717) is 6.04 Å². The Morgan fingerprint density at radius 3 is 3.13 bits per heavy atom. The topological polar surface area (TPSA) is 15.3 Å². The minimum Gasteiger partial charge on any atom is -0.310 e. The van der Waals surface area contributed by atoms with Crippen LogP contribution in [0.4, 0.5) is 0 Å². The van der Waals surface area contributed by atoms with E-state index in [0.717, 1.165) is 12.5 Å². The summed E-state index contributed by atoms with van der Waals surface area (Å²) < 4.78 is 0. The fourth-order valence-corrected chi connectivity index (χ4v) is 2.97. The number of thiophene rings is 1. The standard InChI is InChI=1S/C12H20N2S/c1-10-8-14(2)5-3-12(10)13-7-11-4-6-15-9-11/h4,6,9-10,12-13H,3,5,7-8H2,1-2H3. The fraction of sp³-hybridized carbons (Fsp3) is 0.667. The second kappa shape index (κ2) is 5.10. The Labute approximate surface area is 96.3 Å². The van der Waals surface area contributed by atoms with Crippen molar-refractivity contribution in [3.05, 3.63) is 22.4 Å². The van der Waals surface area contributed by atoms with Gasteiger partial charge in [0, 0.05) is 19.1 Å². The van der Waals surface area contributed by atoms with Crippen LogP contribution in [0.3, 0.4) is 0 Å². The first kappa shape index (κ1) is 11.1. The molecule has 1 N–H and O–H groups in total. The maximum absolute atomic E-state index is 3.67. The van der Waals surface area contributed by atoms with Gasteiger partial charge in [-0.2, -0.15) is 11.3 Å². The second-order valence-electron chi connectivity index (χ2n) is 4.65. The van der Waals surface area contributed by atoms with Gasteiger partial charge in [0.15, 0.2) is 0 Å². The predicted octanol–water partition coefficient (Wildman–Crippen LogP) is 2.18. The molecule has 0 saturated carbocycles. The van der Waals surface area contributed by atoms with Gasteiger partial charge >= 0.3 is 0 Å². The summed E-state index contributed by atoms with van der Waals surface area (Å²) in [5.41, 5.74) is 1.42. The molecular formula is C12H20N2S. The van der Waals surface area contributed by atoms with E-state index in [1.54, 1.807) is 11.3 Å². The number of likely N-dealkylation sites (tertiary alicyclic amines) is 1. The van der Waals surface area contributed by atoms with Crippen molar-refractivity contribution in [2.75, 3.05) is 20.1 Å². The molecule has 2 heterocycles. The number of rotatable bonds is 3. The number of hydrogen-bond donors (Lipinski definition) is 1. The number of piperidine rings is 1. The van der Waals surface area contributed by atoms with Crippen molar-refractivity contribution in [1.29, 1.82) is 0 Å². The third-order valence-electron chi connectivity index (χ3n) is 3.26. The van der Waals surface area contributed by atoms with Crippen molar-refractivity contribution in [2.24, 2.45) is 5.92 Å². The first-order valence-corrected chi connectivity index (χ1v) is 6.63. The fourth-order valence-electron chi connectivity index (χ4n) is 2.30. The van der Waals surface area contributed by atoms with E-state index in [9.17, 15) is 0 Å². The first-order valence-electron chi connectivity index (χ1n) is 5.68. The van der Waals surface area contributed by atoms with Gasteiger partial charge in [-0.05, 0) is 48.3 Å². The summed E-state index contributed by atoms with van der Waals surface area (Å²) in [6.45, 7) is 5.83. The smallest absolute Gasteiger partial charge is 0.0216 e. The summed E-state index contributed by atoms with van der Waals surface area (Å²) in [4.78, 5) is 2.42. The lowest BCUT2D eigenvalue weighted by Gasteiger charge is -2.35. The molecule has 1 fully saturated rings. The molecule has 1 saturated heterocycles. The van der Waals surface area contributed by atoms with Crippen LogP contribution < -0.4 is 5.32 Å². The van der Waals surface area contributed by atoms with E-state index in [1.165, 1.54) is 25.1 Å². The van der Waals surface area contributed by atoms with Crippen LogP contribution in [0.25, 0.3) is 0 Å². The summed E-state index contributed by atoms with van der Waals surface area (Å²) in [5.74, 6) is 0.766. The Balaban J connectivity index is 1.79. The van der Waals surface area contributed by atoms with E-state index < -0.39 is 0 Å². The van der Waals surface area contributed by atoms with Crippen LogP contribution in [0.2, 0.25) is 0 Å². The van der Waals surface area contributed by atoms with Gasteiger partial charge in [-0.1, -0.05) is 6.92 Å². The Bertz CT molecular complexity index is 284. The molecule has 2 rings (SSSR count). The minimum absolute atomic E-state index is 0.695. The summed E-state index contributed by atoms with van der Waals surface area (Å²) in [5, 5.41) is 8.05. The molecule has 0 spiro atoms. The third kappa shape index (κ3) is 3.03. The Kier molecular flexibility index (Phi) is 3.78. The number of nitrogens with zero attached hydrogens (tertiary/aromatic N) is 1. The third-order valence-corrected chi connectivity index (χ3v) is 3.99. The lowest BCUT2D eigenvalue weighted by atomic mass is 9.94. The normalized spacial score (nSPS) is 28.1. The molecule has 0 amide bonds. The van der Waals surface area contributed by atoms with E-state index in [-0.39, 0.29) is 0 Å². The highest BCUT2D eigenvalue weighted by Crippen LogP contribution is 2.16. The van der Waals surface area contributed by atoms with E-state index in [4.69, 9.17) is 0 Å². The minimum atomic E-state index is 0.695. The summed E-state index contributed by atoms with van der Waals surface area (Å²) in [6.07, 6.45) is 1.28. The molecule has 0 radical (unpaired) electrons. The van der Waals surface area contributed by atoms with Crippen LogP contribution in [-0.2, 0) is 6.54 Å². The van der Waals surface area contributed by atoms with Crippen LogP contribution >= 0.6 is 11.3 Å². The maximum atomic E-state index is 3.67. The molecule has 1 aromatic heterocycles. The van der Waals surface area contributed by atoms with Crippen molar-refractivity contribution in [3.8, 4) is 0 Å². The van der Waals surface area contributed by atoms with Crippen LogP contribution in [0.1, 0.15) is 18.9 Å². The molecule has 1 aliphatic heterocycles. The van der Waals surface area contributed by atoms with Gasteiger partial charge in [-0.3, -0.25) is 0 Å². The Hall–Kier alpha value is -0.380. The van der Waals surface area contributed by atoms with E-state index >= 15 is 0 Å². The average Bonchev–Trinajstić information content (AvgIpc) is 2.69. The molecule has 3 heteroatoms. The molecule has 0 aromatic carbocycles. The van der Waals surface area contributed by atoms with Crippen LogP contribution in [0.15, 0.2) is 16.8 Å². The van der Waals surface area contributed by atoms with Crippen molar-refractivity contribution in [2.45, 2.75) is 25.9 Å². The highest BCUT2D eigenvalue weighted by Gasteiger charge is 2.23. The van der Waals surface area contributed by atoms with Crippen molar-refractivity contribution in [3.63, 3.8) is 0 Å². The lowest BCUT2D eigenvalue weighted by molar-refractivity contribution is 0.174. The van der Waals surface area contributed by atoms with E-state index in [1.807, 2.05) is 0 Å². The molecular weight excluding hydrogens is 204 g/mol. The largest absolute Gasteiger partial charge is 0.310 e. The molecule has 0 bridgehead atoms. The van der Waals surface area contributed by atoms with Gasteiger partial charge in [0.05, 0.1) is 0 Å². The molecule has 2 nitrogen and oxygen atoms in total. The number of nitrogens with one attached hydrogen (secondary N) is 1. The van der Waals surface area contributed by atoms with Gasteiger partial charge in [0.1, 0.15) is 0 Å². The maximum Gasteiger partial charge on any atom is 0.0216 e. The van der Waals surface area contributed by atoms with Gasteiger partial charge in [-0.25, -0.2) is 0 Å². The summed E-state index contributed by atoms with van der Waals surface area (Å²) in [7, 11) is 2.21. The molecule has 84 valence electrons. The zero-order valence-electron chi connectivity index (χ0n) is 9.57. The highest BCUT2D eigenvalue weighted by atomic mass is 32.1. The first-order chi connectivity index (χ1) is 7.25. The predicted molar refractivity (Wildman–Crippen MR) is 66.2 cm³/mol. The van der Waals surface area contributed by atoms with Crippen molar-refractivity contribution >= 4 is 11.3 Å². The molecule has 0 aliphatic carbocycles. The lowest BCUT2D eigenvalue weighted by Crippen LogP contribution is -2.46. The van der Waals surface area contributed by atoms with Gasteiger partial charge in [-0.15, -0.1) is 0 Å². The molecule has 2 atom stereocenters. The van der Waals surface area contributed by atoms with Gasteiger partial charge in [0.25, 0.3) is 0 Å².